The van der Waals surface area contributed by atoms with Gasteiger partial charge in [0.15, 0.2) is 0 Å². The van der Waals surface area contributed by atoms with Crippen LogP contribution in [0.4, 0.5) is 5.82 Å². The minimum atomic E-state index is -0.430. The molecule has 0 aliphatic rings. The summed E-state index contributed by atoms with van der Waals surface area (Å²) in [6.45, 7) is 2.51. The fourth-order valence-corrected chi connectivity index (χ4v) is 1.75. The molecule has 23 heavy (non-hydrogen) atoms. The van der Waals surface area contributed by atoms with Crippen LogP contribution in [-0.4, -0.2) is 35.7 Å². The van der Waals surface area contributed by atoms with Crippen LogP contribution >= 0.6 is 0 Å². The third kappa shape index (κ3) is 5.78. The Bertz CT molecular complexity index is 642. The Morgan fingerprint density at radius 2 is 2.04 bits per heavy atom. The van der Waals surface area contributed by atoms with E-state index in [2.05, 4.69) is 20.0 Å². The van der Waals surface area contributed by atoms with Crippen molar-refractivity contribution in [1.82, 2.24) is 9.97 Å². The first-order valence-electron chi connectivity index (χ1n) is 7.20. The average molecular weight is 313 g/mol. The molecule has 0 fully saturated rings. The molecule has 0 amide bonds. The van der Waals surface area contributed by atoms with Gasteiger partial charge in [0.1, 0.15) is 18.2 Å². The number of anilines is 1. The summed E-state index contributed by atoms with van der Waals surface area (Å²) in [5, 5.41) is 3.20. The quantitative estimate of drug-likeness (QED) is 0.625. The predicted octanol–water partition coefficient (Wildman–Crippen LogP) is 2.54. The SMILES string of the molecule is COC(=O)/C=C/c1cnc(N[C@H](C)COc2ccccc2)cn1. The summed E-state index contributed by atoms with van der Waals surface area (Å²) in [6, 6.07) is 9.70. The molecule has 1 atom stereocenters. The van der Waals surface area contributed by atoms with Crippen LogP contribution < -0.4 is 10.1 Å². The van der Waals surface area contributed by atoms with Gasteiger partial charge in [-0.2, -0.15) is 0 Å². The predicted molar refractivity (Wildman–Crippen MR) is 88.1 cm³/mol. The second-order valence-corrected chi connectivity index (χ2v) is 4.85. The van der Waals surface area contributed by atoms with Crippen LogP contribution in [0.5, 0.6) is 5.75 Å². The van der Waals surface area contributed by atoms with Gasteiger partial charge in [-0.25, -0.2) is 9.78 Å². The first kappa shape index (κ1) is 16.5. The highest BCUT2D eigenvalue weighted by atomic mass is 16.5. The van der Waals surface area contributed by atoms with E-state index in [1.807, 2.05) is 37.3 Å². The zero-order valence-corrected chi connectivity index (χ0v) is 13.1. The van der Waals surface area contributed by atoms with Crippen molar-refractivity contribution in [2.24, 2.45) is 0 Å². The van der Waals surface area contributed by atoms with Crippen LogP contribution in [0.2, 0.25) is 0 Å². The van der Waals surface area contributed by atoms with Gasteiger partial charge in [0.25, 0.3) is 0 Å². The number of hydrogen-bond donors (Lipinski definition) is 1. The van der Waals surface area contributed by atoms with Crippen molar-refractivity contribution in [3.05, 3.63) is 54.5 Å². The van der Waals surface area contributed by atoms with Gasteiger partial charge in [0.2, 0.25) is 0 Å². The van der Waals surface area contributed by atoms with E-state index in [-0.39, 0.29) is 6.04 Å². The molecule has 0 saturated carbocycles. The number of ether oxygens (including phenoxy) is 2. The highest BCUT2D eigenvalue weighted by molar-refractivity contribution is 5.86. The van der Waals surface area contributed by atoms with Gasteiger partial charge < -0.3 is 14.8 Å². The number of aromatic nitrogens is 2. The summed E-state index contributed by atoms with van der Waals surface area (Å²) >= 11 is 0. The van der Waals surface area contributed by atoms with Crippen LogP contribution in [0, 0.1) is 0 Å². The second-order valence-electron chi connectivity index (χ2n) is 4.85. The Hall–Kier alpha value is -2.89. The molecule has 6 nitrogen and oxygen atoms in total. The Morgan fingerprint density at radius 3 is 2.70 bits per heavy atom. The van der Waals surface area contributed by atoms with Gasteiger partial charge in [-0.3, -0.25) is 4.98 Å². The van der Waals surface area contributed by atoms with E-state index in [0.717, 1.165) is 5.75 Å². The van der Waals surface area contributed by atoms with Crippen LogP contribution in [0.15, 0.2) is 48.8 Å². The van der Waals surface area contributed by atoms with E-state index in [1.54, 1.807) is 18.5 Å². The maximum atomic E-state index is 11.0. The van der Waals surface area contributed by atoms with Crippen LogP contribution in [0.1, 0.15) is 12.6 Å². The van der Waals surface area contributed by atoms with Crippen molar-refractivity contribution in [2.45, 2.75) is 13.0 Å². The number of esters is 1. The third-order valence-corrected chi connectivity index (χ3v) is 2.90. The van der Waals surface area contributed by atoms with Gasteiger partial charge in [0.05, 0.1) is 31.2 Å². The van der Waals surface area contributed by atoms with Crippen molar-refractivity contribution in [3.63, 3.8) is 0 Å². The van der Waals surface area contributed by atoms with Crippen molar-refractivity contribution >= 4 is 17.9 Å². The molecule has 2 aromatic rings. The Balaban J connectivity index is 1.83. The zero-order valence-electron chi connectivity index (χ0n) is 13.1. The van der Waals surface area contributed by atoms with E-state index in [1.165, 1.54) is 13.2 Å². The summed E-state index contributed by atoms with van der Waals surface area (Å²) < 4.78 is 10.2. The Morgan fingerprint density at radius 1 is 1.26 bits per heavy atom. The van der Waals surface area contributed by atoms with Crippen LogP contribution in [0.3, 0.4) is 0 Å². The molecule has 0 unspecified atom stereocenters. The summed E-state index contributed by atoms with van der Waals surface area (Å²) in [4.78, 5) is 19.4. The lowest BCUT2D eigenvalue weighted by Crippen LogP contribution is -2.24. The number of nitrogens with one attached hydrogen (secondary N) is 1. The Kier molecular flexibility index (Phi) is 6.11. The van der Waals surface area contributed by atoms with E-state index < -0.39 is 5.97 Å². The van der Waals surface area contributed by atoms with Crippen LogP contribution in [-0.2, 0) is 9.53 Å². The largest absolute Gasteiger partial charge is 0.491 e. The number of nitrogens with zero attached hydrogens (tertiary/aromatic N) is 2. The number of benzene rings is 1. The summed E-state index contributed by atoms with van der Waals surface area (Å²) in [6.07, 6.45) is 6.03. The smallest absolute Gasteiger partial charge is 0.330 e. The summed E-state index contributed by atoms with van der Waals surface area (Å²) in [5.74, 6) is 1.04. The minimum Gasteiger partial charge on any atom is -0.491 e. The van der Waals surface area contributed by atoms with E-state index in [9.17, 15) is 4.79 Å². The maximum Gasteiger partial charge on any atom is 0.330 e. The van der Waals surface area contributed by atoms with E-state index in [0.29, 0.717) is 18.1 Å². The standard InChI is InChI=1S/C17H19N3O3/c1-13(12-23-15-6-4-3-5-7-15)20-16-11-18-14(10-19-16)8-9-17(21)22-2/h3-11,13H,12H2,1-2H3,(H,19,20)/b9-8+/t13-/m1/s1. The normalized spacial score (nSPS) is 11.9. The molecule has 0 aliphatic carbocycles. The molecule has 1 aromatic heterocycles. The van der Waals surface area contributed by atoms with Crippen LogP contribution in [0.25, 0.3) is 6.08 Å². The van der Waals surface area contributed by atoms with Gasteiger partial charge in [-0.1, -0.05) is 18.2 Å². The highest BCUT2D eigenvalue weighted by Gasteiger charge is 2.04. The van der Waals surface area contributed by atoms with Gasteiger partial charge >= 0.3 is 5.97 Å². The monoisotopic (exact) mass is 313 g/mol. The molecule has 0 saturated heterocycles. The number of hydrogen-bond acceptors (Lipinski definition) is 6. The molecule has 0 aliphatic heterocycles. The van der Waals surface area contributed by atoms with Crippen molar-refractivity contribution in [3.8, 4) is 5.75 Å². The maximum absolute atomic E-state index is 11.0. The van der Waals surface area contributed by atoms with E-state index in [4.69, 9.17) is 4.74 Å². The number of rotatable bonds is 7. The number of carbonyl (C=O) groups excluding carboxylic acids is 1. The molecular weight excluding hydrogens is 294 g/mol. The molecule has 2 rings (SSSR count). The summed E-state index contributed by atoms with van der Waals surface area (Å²) in [5.41, 5.74) is 0.578. The third-order valence-electron chi connectivity index (χ3n) is 2.90. The molecule has 1 aromatic carbocycles. The molecule has 1 N–H and O–H groups in total. The van der Waals surface area contributed by atoms with Gasteiger partial charge in [0, 0.05) is 6.08 Å². The molecule has 0 spiro atoms. The molecule has 6 heteroatoms. The van der Waals surface area contributed by atoms with Crippen molar-refractivity contribution in [2.75, 3.05) is 19.0 Å². The van der Waals surface area contributed by atoms with Gasteiger partial charge in [-0.15, -0.1) is 0 Å². The average Bonchev–Trinajstić information content (AvgIpc) is 2.60. The number of carbonyl (C=O) groups is 1. The highest BCUT2D eigenvalue weighted by Crippen LogP contribution is 2.10. The number of para-hydroxylation sites is 1. The van der Waals surface area contributed by atoms with Crippen molar-refractivity contribution < 1.29 is 14.3 Å². The lowest BCUT2D eigenvalue weighted by atomic mass is 10.3. The first-order valence-corrected chi connectivity index (χ1v) is 7.20. The van der Waals surface area contributed by atoms with E-state index >= 15 is 0 Å². The summed E-state index contributed by atoms with van der Waals surface area (Å²) in [7, 11) is 1.32. The zero-order chi connectivity index (χ0) is 16.5. The lowest BCUT2D eigenvalue weighted by molar-refractivity contribution is -0.134. The fraction of sp³-hybridized carbons (Fsp3) is 0.235. The molecule has 1 heterocycles. The molecule has 120 valence electrons. The van der Waals surface area contributed by atoms with Crippen molar-refractivity contribution in [1.29, 1.82) is 0 Å². The molecule has 0 bridgehead atoms. The first-order chi connectivity index (χ1) is 11.2. The number of methoxy groups -OCH3 is 1. The Labute approximate surface area is 135 Å². The topological polar surface area (TPSA) is 73.3 Å². The molecular formula is C17H19N3O3. The lowest BCUT2D eigenvalue weighted by Gasteiger charge is -2.15. The fourth-order valence-electron chi connectivity index (χ4n) is 1.75. The second kappa shape index (κ2) is 8.53. The minimum absolute atomic E-state index is 0.0703. The van der Waals surface area contributed by atoms with Gasteiger partial charge in [-0.05, 0) is 25.1 Å². The molecule has 0 radical (unpaired) electrons.